The van der Waals surface area contributed by atoms with E-state index in [1.807, 2.05) is 81.6 Å². The fourth-order valence-corrected chi connectivity index (χ4v) is 5.11. The molecule has 2 aromatic carbocycles. The molecule has 0 amide bonds. The molecule has 5 nitrogen and oxygen atoms in total. The lowest BCUT2D eigenvalue weighted by Gasteiger charge is -2.41. The molecular formula is C28H39NO4Si. The Labute approximate surface area is 204 Å². The van der Waals surface area contributed by atoms with E-state index < -0.39 is 26.1 Å². The van der Waals surface area contributed by atoms with E-state index in [2.05, 4.69) is 33.9 Å². The molecule has 1 N–H and O–H groups in total. The van der Waals surface area contributed by atoms with E-state index in [-0.39, 0.29) is 17.6 Å². The fraction of sp³-hybridized carbons (Fsp3) is 0.464. The van der Waals surface area contributed by atoms with Gasteiger partial charge in [0.1, 0.15) is 5.60 Å². The quantitative estimate of drug-likeness (QED) is 0.376. The average Bonchev–Trinajstić information content (AvgIpc) is 3.12. The third-order valence-corrected chi connectivity index (χ3v) is 11.1. The number of aliphatic hydroxyl groups excluding tert-OH is 1. The van der Waals surface area contributed by atoms with Crippen LogP contribution in [0.1, 0.15) is 64.7 Å². The molecule has 0 aliphatic rings. The van der Waals surface area contributed by atoms with Crippen LogP contribution in [0.15, 0.2) is 60.8 Å². The monoisotopic (exact) mass is 481 g/mol. The van der Waals surface area contributed by atoms with Crippen molar-refractivity contribution < 1.29 is 19.1 Å². The average molecular weight is 482 g/mol. The van der Waals surface area contributed by atoms with Gasteiger partial charge in [0.2, 0.25) is 0 Å². The maximum atomic E-state index is 13.1. The van der Waals surface area contributed by atoms with Gasteiger partial charge in [0.15, 0.2) is 8.32 Å². The molecule has 3 aromatic rings. The Morgan fingerprint density at radius 1 is 0.971 bits per heavy atom. The predicted octanol–water partition coefficient (Wildman–Crippen LogP) is 7.26. The van der Waals surface area contributed by atoms with Gasteiger partial charge < -0.3 is 14.3 Å². The zero-order chi connectivity index (χ0) is 25.3. The van der Waals surface area contributed by atoms with Crippen molar-refractivity contribution in [1.29, 1.82) is 0 Å². The van der Waals surface area contributed by atoms with Crippen molar-refractivity contribution in [3.63, 3.8) is 0 Å². The Morgan fingerprint density at radius 3 is 2.12 bits per heavy atom. The molecule has 0 aliphatic heterocycles. The van der Waals surface area contributed by atoms with E-state index in [0.717, 1.165) is 22.0 Å². The number of aliphatic hydroxyl groups is 1. The number of benzene rings is 2. The number of fused-ring (bicyclic) bond motifs is 1. The summed E-state index contributed by atoms with van der Waals surface area (Å²) in [5.41, 5.74) is 2.04. The van der Waals surface area contributed by atoms with E-state index >= 15 is 0 Å². The van der Waals surface area contributed by atoms with Gasteiger partial charge in [0.05, 0.1) is 18.2 Å². The predicted molar refractivity (Wildman–Crippen MR) is 141 cm³/mol. The summed E-state index contributed by atoms with van der Waals surface area (Å²) in [5.74, 6) is -0.284. The summed E-state index contributed by atoms with van der Waals surface area (Å²) in [4.78, 5) is 13.1. The van der Waals surface area contributed by atoms with E-state index in [9.17, 15) is 9.90 Å². The van der Waals surface area contributed by atoms with Crippen molar-refractivity contribution in [2.75, 3.05) is 6.61 Å². The van der Waals surface area contributed by atoms with Crippen molar-refractivity contribution in [3.8, 4) is 0 Å². The van der Waals surface area contributed by atoms with Crippen LogP contribution in [0, 0.1) is 0 Å². The standard InChI is InChI=1S/C28H39NO4Si/c1-27(2,3)32-26(31)29-18-22(21-16-12-13-17-24(21)29)25(33-34(7,8)28(4,5)6)23(19-30)20-14-10-9-11-15-20/h9-18,23,25,30H,19H2,1-8H3/t23-,25+/m1/s1. The first kappa shape index (κ1) is 26.2. The molecule has 0 bridgehead atoms. The molecule has 0 saturated heterocycles. The van der Waals surface area contributed by atoms with Gasteiger partial charge in [-0.15, -0.1) is 0 Å². The summed E-state index contributed by atoms with van der Waals surface area (Å²) in [6, 6.07) is 17.8. The van der Waals surface area contributed by atoms with E-state index in [1.165, 1.54) is 0 Å². The Morgan fingerprint density at radius 2 is 1.56 bits per heavy atom. The molecule has 3 rings (SSSR count). The summed E-state index contributed by atoms with van der Waals surface area (Å²) in [5, 5.41) is 11.5. The molecule has 1 aromatic heterocycles. The summed E-state index contributed by atoms with van der Waals surface area (Å²) >= 11 is 0. The first-order valence-corrected chi connectivity index (χ1v) is 14.8. The van der Waals surface area contributed by atoms with Gasteiger partial charge in [0.25, 0.3) is 0 Å². The Balaban J connectivity index is 2.21. The van der Waals surface area contributed by atoms with E-state index in [1.54, 1.807) is 4.57 Å². The van der Waals surface area contributed by atoms with Gasteiger partial charge in [0, 0.05) is 23.1 Å². The van der Waals surface area contributed by atoms with Crippen molar-refractivity contribution >= 4 is 25.3 Å². The molecule has 0 fully saturated rings. The number of rotatable bonds is 6. The van der Waals surface area contributed by atoms with Crippen LogP contribution in [0.3, 0.4) is 0 Å². The number of para-hydroxylation sites is 1. The molecule has 2 atom stereocenters. The Bertz CT molecular complexity index is 1120. The zero-order valence-corrected chi connectivity index (χ0v) is 22.8. The highest BCUT2D eigenvalue weighted by atomic mass is 28.4. The smallest absolute Gasteiger partial charge is 0.419 e. The molecule has 0 unspecified atom stereocenters. The molecule has 0 saturated carbocycles. The van der Waals surface area contributed by atoms with Crippen molar-refractivity contribution in [2.45, 2.75) is 77.3 Å². The molecule has 184 valence electrons. The molecule has 34 heavy (non-hydrogen) atoms. The van der Waals surface area contributed by atoms with Gasteiger partial charge in [-0.05, 0) is 50.5 Å². The highest BCUT2D eigenvalue weighted by molar-refractivity contribution is 6.74. The Hall–Kier alpha value is -2.41. The van der Waals surface area contributed by atoms with Crippen molar-refractivity contribution in [2.24, 2.45) is 0 Å². The largest absolute Gasteiger partial charge is 0.443 e. The van der Waals surface area contributed by atoms with Gasteiger partial charge in [-0.25, -0.2) is 4.79 Å². The van der Waals surface area contributed by atoms with Crippen LogP contribution < -0.4 is 0 Å². The number of hydrogen-bond donors (Lipinski definition) is 1. The first-order valence-electron chi connectivity index (χ1n) is 11.9. The third-order valence-electron chi connectivity index (χ3n) is 6.66. The normalized spacial score (nSPS) is 14.7. The lowest BCUT2D eigenvalue weighted by molar-refractivity contribution is 0.0543. The highest BCUT2D eigenvalue weighted by Crippen LogP contribution is 2.45. The third kappa shape index (κ3) is 5.62. The highest BCUT2D eigenvalue weighted by Gasteiger charge is 2.42. The van der Waals surface area contributed by atoms with Crippen LogP contribution in [0.5, 0.6) is 0 Å². The molecule has 0 radical (unpaired) electrons. The second-order valence-corrected chi connectivity index (χ2v) is 16.2. The van der Waals surface area contributed by atoms with E-state index in [4.69, 9.17) is 9.16 Å². The van der Waals surface area contributed by atoms with Crippen LogP contribution in [-0.4, -0.2) is 36.3 Å². The number of hydrogen-bond acceptors (Lipinski definition) is 4. The lowest BCUT2D eigenvalue weighted by atomic mass is 9.89. The van der Waals surface area contributed by atoms with Crippen LogP contribution in [0.4, 0.5) is 4.79 Å². The van der Waals surface area contributed by atoms with Gasteiger partial charge in [-0.3, -0.25) is 4.57 Å². The summed E-state index contributed by atoms with van der Waals surface area (Å²) in [7, 11) is -2.24. The minimum Gasteiger partial charge on any atom is -0.443 e. The summed E-state index contributed by atoms with van der Waals surface area (Å²) in [6.07, 6.45) is 0.977. The van der Waals surface area contributed by atoms with Crippen molar-refractivity contribution in [3.05, 3.63) is 71.9 Å². The minimum absolute atomic E-state index is 0.0223. The summed E-state index contributed by atoms with van der Waals surface area (Å²) in [6.45, 7) is 16.5. The number of carbonyl (C=O) groups excluding carboxylic acids is 1. The Kier molecular flexibility index (Phi) is 7.46. The number of ether oxygens (including phenoxy) is 1. The number of aromatic nitrogens is 1. The second-order valence-electron chi connectivity index (χ2n) is 11.5. The molecule has 0 aliphatic carbocycles. The topological polar surface area (TPSA) is 60.7 Å². The molecule has 6 heteroatoms. The van der Waals surface area contributed by atoms with Crippen LogP contribution in [0.25, 0.3) is 10.9 Å². The minimum atomic E-state index is -2.24. The lowest BCUT2D eigenvalue weighted by Crippen LogP contribution is -2.43. The van der Waals surface area contributed by atoms with Crippen LogP contribution >= 0.6 is 0 Å². The molecular weight excluding hydrogens is 442 g/mol. The molecule has 0 spiro atoms. The maximum absolute atomic E-state index is 13.1. The zero-order valence-electron chi connectivity index (χ0n) is 21.8. The SMILES string of the molecule is CC(C)(C)OC(=O)n1cc([C@H](O[Si](C)(C)C(C)(C)C)[C@H](CO)c2ccccc2)c2ccccc21. The molecule has 1 heterocycles. The van der Waals surface area contributed by atoms with Gasteiger partial charge in [-0.2, -0.15) is 0 Å². The fourth-order valence-electron chi connectivity index (χ4n) is 3.83. The van der Waals surface area contributed by atoms with Crippen molar-refractivity contribution in [1.82, 2.24) is 4.57 Å². The van der Waals surface area contributed by atoms with Crippen LogP contribution in [0.2, 0.25) is 18.1 Å². The van der Waals surface area contributed by atoms with Crippen LogP contribution in [-0.2, 0) is 9.16 Å². The number of carbonyl (C=O) groups is 1. The van der Waals surface area contributed by atoms with Gasteiger partial charge in [-0.1, -0.05) is 69.3 Å². The number of nitrogens with zero attached hydrogens (tertiary/aromatic N) is 1. The second kappa shape index (κ2) is 9.68. The first-order chi connectivity index (χ1) is 15.7. The summed E-state index contributed by atoms with van der Waals surface area (Å²) < 4.78 is 14.3. The van der Waals surface area contributed by atoms with Gasteiger partial charge >= 0.3 is 6.09 Å². The van der Waals surface area contributed by atoms with E-state index in [0.29, 0.717) is 0 Å². The maximum Gasteiger partial charge on any atom is 0.419 e.